The Labute approximate surface area is 189 Å². The van der Waals surface area contributed by atoms with E-state index in [0.29, 0.717) is 35.6 Å². The molecule has 0 unspecified atom stereocenters. The molecule has 0 amide bonds. The highest BCUT2D eigenvalue weighted by Gasteiger charge is 2.13. The molecule has 7 nitrogen and oxygen atoms in total. The lowest BCUT2D eigenvalue weighted by molar-refractivity contribution is 0.342. The Kier molecular flexibility index (Phi) is 9.30. The minimum atomic E-state index is 0. The van der Waals surface area contributed by atoms with Crippen LogP contribution in [0.25, 0.3) is 0 Å². The summed E-state index contributed by atoms with van der Waals surface area (Å²) in [5, 5.41) is 0. The van der Waals surface area contributed by atoms with Gasteiger partial charge in [0.15, 0.2) is 17.5 Å². The van der Waals surface area contributed by atoms with Crippen molar-refractivity contribution >= 4 is 29.9 Å². The lowest BCUT2D eigenvalue weighted by Gasteiger charge is -2.21. The van der Waals surface area contributed by atoms with E-state index < -0.39 is 0 Å². The topological polar surface area (TPSA) is 82.2 Å². The predicted octanol–water partition coefficient (Wildman–Crippen LogP) is 4.20. The third kappa shape index (κ3) is 6.38. The molecule has 0 saturated carbocycles. The number of aromatic nitrogens is 1. The van der Waals surface area contributed by atoms with Crippen LogP contribution in [0.2, 0.25) is 0 Å². The van der Waals surface area contributed by atoms with Gasteiger partial charge in [-0.2, -0.15) is 0 Å². The molecule has 1 saturated heterocycles. The van der Waals surface area contributed by atoms with Gasteiger partial charge in [0.25, 0.3) is 0 Å². The maximum Gasteiger partial charge on any atom is 0.219 e. The number of nitrogens with two attached hydrogens (primary N) is 1. The number of para-hydroxylation sites is 1. The van der Waals surface area contributed by atoms with Gasteiger partial charge in [0.1, 0.15) is 0 Å². The third-order valence-electron chi connectivity index (χ3n) is 4.74. The number of methoxy groups -OCH3 is 2. The molecule has 1 aromatic heterocycles. The molecular weight excluding hydrogens is 483 g/mol. The van der Waals surface area contributed by atoms with Crippen LogP contribution in [0.1, 0.15) is 31.2 Å². The Morgan fingerprint density at radius 1 is 1.03 bits per heavy atom. The van der Waals surface area contributed by atoms with Crippen molar-refractivity contribution in [1.29, 1.82) is 0 Å². The summed E-state index contributed by atoms with van der Waals surface area (Å²) in [6, 6.07) is 9.20. The van der Waals surface area contributed by atoms with Crippen LogP contribution >= 0.6 is 24.0 Å². The SMILES string of the molecule is COc1cccc(OC)c1Oc1ccc(CN=C(N)N2CCCCCC2)cn1.I. The number of pyridine rings is 1. The van der Waals surface area contributed by atoms with Gasteiger partial charge in [0, 0.05) is 25.4 Å². The highest BCUT2D eigenvalue weighted by atomic mass is 127. The summed E-state index contributed by atoms with van der Waals surface area (Å²) in [5.74, 6) is 2.73. The minimum absolute atomic E-state index is 0. The van der Waals surface area contributed by atoms with Gasteiger partial charge in [-0.25, -0.2) is 9.98 Å². The number of likely N-dealkylation sites (tertiary alicyclic amines) is 1. The second-order valence-corrected chi connectivity index (χ2v) is 6.67. The minimum Gasteiger partial charge on any atom is -0.493 e. The van der Waals surface area contributed by atoms with Crippen molar-refractivity contribution in [2.45, 2.75) is 32.2 Å². The largest absolute Gasteiger partial charge is 0.493 e. The summed E-state index contributed by atoms with van der Waals surface area (Å²) < 4.78 is 16.6. The lowest BCUT2D eigenvalue weighted by atomic mass is 10.2. The highest BCUT2D eigenvalue weighted by molar-refractivity contribution is 14.0. The Morgan fingerprint density at radius 3 is 2.24 bits per heavy atom. The first-order valence-electron chi connectivity index (χ1n) is 9.60. The molecule has 2 aromatic rings. The van der Waals surface area contributed by atoms with Crippen LogP contribution < -0.4 is 19.9 Å². The van der Waals surface area contributed by atoms with Gasteiger partial charge < -0.3 is 24.8 Å². The standard InChI is InChI=1S/C21H28N4O3.HI/c1-26-17-8-7-9-18(27-2)20(17)28-19-11-10-16(14-23-19)15-24-21(22)25-12-5-3-4-6-13-25;/h7-11,14H,3-6,12-13,15H2,1-2H3,(H2,22,24);1H. The average Bonchev–Trinajstić information content (AvgIpc) is 3.03. The molecule has 1 aromatic carbocycles. The normalized spacial score (nSPS) is 14.6. The van der Waals surface area contributed by atoms with Gasteiger partial charge in [0.2, 0.25) is 11.6 Å². The van der Waals surface area contributed by atoms with E-state index in [-0.39, 0.29) is 24.0 Å². The number of ether oxygens (including phenoxy) is 3. The van der Waals surface area contributed by atoms with Crippen molar-refractivity contribution in [2.75, 3.05) is 27.3 Å². The second-order valence-electron chi connectivity index (χ2n) is 6.67. The summed E-state index contributed by atoms with van der Waals surface area (Å²) in [7, 11) is 3.18. The Morgan fingerprint density at radius 2 is 1.69 bits per heavy atom. The smallest absolute Gasteiger partial charge is 0.219 e. The van der Waals surface area contributed by atoms with Gasteiger partial charge in [0.05, 0.1) is 20.8 Å². The number of halogens is 1. The van der Waals surface area contributed by atoms with Gasteiger partial charge in [-0.1, -0.05) is 25.0 Å². The van der Waals surface area contributed by atoms with Gasteiger partial charge in [-0.15, -0.1) is 24.0 Å². The molecule has 0 bridgehead atoms. The van der Waals surface area contributed by atoms with E-state index in [1.54, 1.807) is 26.5 Å². The van der Waals surface area contributed by atoms with Crippen molar-refractivity contribution in [2.24, 2.45) is 10.7 Å². The van der Waals surface area contributed by atoms with E-state index in [0.717, 1.165) is 18.7 Å². The maximum atomic E-state index is 6.16. The number of benzene rings is 1. The van der Waals surface area contributed by atoms with Crippen LogP contribution in [0.15, 0.2) is 41.5 Å². The molecule has 0 radical (unpaired) electrons. The zero-order valence-corrected chi connectivity index (χ0v) is 19.3. The fraction of sp³-hybridized carbons (Fsp3) is 0.429. The van der Waals surface area contributed by atoms with Crippen LogP contribution in [0, 0.1) is 0 Å². The third-order valence-corrected chi connectivity index (χ3v) is 4.74. The number of guanidine groups is 1. The van der Waals surface area contributed by atoms with Crippen LogP contribution in [-0.2, 0) is 6.54 Å². The Bertz CT molecular complexity index is 769. The highest BCUT2D eigenvalue weighted by Crippen LogP contribution is 2.39. The molecule has 1 fully saturated rings. The Balaban J connectivity index is 0.00000300. The fourth-order valence-corrected chi connectivity index (χ4v) is 3.16. The van der Waals surface area contributed by atoms with Gasteiger partial charge >= 0.3 is 0 Å². The first-order chi connectivity index (χ1) is 13.7. The van der Waals surface area contributed by atoms with E-state index in [1.807, 2.05) is 24.3 Å². The zero-order chi connectivity index (χ0) is 19.8. The number of aliphatic imine (C=N–C) groups is 1. The van der Waals surface area contributed by atoms with Crippen LogP contribution in [0.5, 0.6) is 23.1 Å². The van der Waals surface area contributed by atoms with Crippen molar-refractivity contribution in [3.05, 3.63) is 42.1 Å². The van der Waals surface area contributed by atoms with Gasteiger partial charge in [-0.05, 0) is 30.5 Å². The van der Waals surface area contributed by atoms with E-state index in [1.165, 1.54) is 25.7 Å². The van der Waals surface area contributed by atoms with Gasteiger partial charge in [-0.3, -0.25) is 0 Å². The van der Waals surface area contributed by atoms with Crippen molar-refractivity contribution < 1.29 is 14.2 Å². The van der Waals surface area contributed by atoms with E-state index >= 15 is 0 Å². The summed E-state index contributed by atoms with van der Waals surface area (Å²) in [4.78, 5) is 11.1. The quantitative estimate of drug-likeness (QED) is 0.355. The van der Waals surface area contributed by atoms with Crippen LogP contribution in [-0.4, -0.2) is 43.2 Å². The summed E-state index contributed by atoms with van der Waals surface area (Å²) in [6.45, 7) is 2.47. The van der Waals surface area contributed by atoms with Crippen molar-refractivity contribution in [1.82, 2.24) is 9.88 Å². The number of hydrogen-bond acceptors (Lipinski definition) is 5. The van der Waals surface area contributed by atoms with E-state index in [9.17, 15) is 0 Å². The first-order valence-corrected chi connectivity index (χ1v) is 9.60. The maximum absolute atomic E-state index is 6.16. The number of nitrogens with zero attached hydrogens (tertiary/aromatic N) is 3. The van der Waals surface area contributed by atoms with Crippen molar-refractivity contribution in [3.63, 3.8) is 0 Å². The van der Waals surface area contributed by atoms with Crippen LogP contribution in [0.4, 0.5) is 0 Å². The molecule has 8 heteroatoms. The Hall–Kier alpha value is -2.23. The molecular formula is C21H29IN4O3. The molecule has 2 N–H and O–H groups in total. The zero-order valence-electron chi connectivity index (χ0n) is 17.0. The number of rotatable bonds is 6. The molecule has 3 rings (SSSR count). The van der Waals surface area contributed by atoms with Crippen molar-refractivity contribution in [3.8, 4) is 23.1 Å². The lowest BCUT2D eigenvalue weighted by Crippen LogP contribution is -2.38. The van der Waals surface area contributed by atoms with Crippen LogP contribution in [0.3, 0.4) is 0 Å². The fourth-order valence-electron chi connectivity index (χ4n) is 3.16. The molecule has 0 atom stereocenters. The first kappa shape index (κ1) is 23.1. The molecule has 29 heavy (non-hydrogen) atoms. The molecule has 0 spiro atoms. The monoisotopic (exact) mass is 512 g/mol. The molecule has 0 aliphatic carbocycles. The summed E-state index contributed by atoms with van der Waals surface area (Å²) >= 11 is 0. The predicted molar refractivity (Wildman–Crippen MR) is 125 cm³/mol. The summed E-state index contributed by atoms with van der Waals surface area (Å²) in [5.41, 5.74) is 7.13. The van der Waals surface area contributed by atoms with E-state index in [4.69, 9.17) is 19.9 Å². The average molecular weight is 512 g/mol. The summed E-state index contributed by atoms with van der Waals surface area (Å²) in [6.07, 6.45) is 6.64. The molecule has 2 heterocycles. The van der Waals surface area contributed by atoms with E-state index in [2.05, 4.69) is 14.9 Å². The molecule has 1 aliphatic rings. The number of hydrogen-bond donors (Lipinski definition) is 1. The molecule has 158 valence electrons. The second kappa shape index (κ2) is 11.7. The molecule has 1 aliphatic heterocycles.